The first kappa shape index (κ1) is 16.9. The topological polar surface area (TPSA) is 60.2 Å². The van der Waals surface area contributed by atoms with Crippen molar-refractivity contribution >= 4 is 11.8 Å². The minimum absolute atomic E-state index is 0.0853. The molecule has 7 heteroatoms. The van der Waals surface area contributed by atoms with Gasteiger partial charge in [-0.05, 0) is 26.0 Å². The number of nitrogens with zero attached hydrogens (tertiary/aromatic N) is 3. The summed E-state index contributed by atoms with van der Waals surface area (Å²) >= 11 is 1.37. The third-order valence-electron chi connectivity index (χ3n) is 2.98. The van der Waals surface area contributed by atoms with Crippen LogP contribution < -0.4 is 0 Å². The van der Waals surface area contributed by atoms with E-state index in [4.69, 9.17) is 4.74 Å². The van der Waals surface area contributed by atoms with E-state index < -0.39 is 6.10 Å². The summed E-state index contributed by atoms with van der Waals surface area (Å²) in [5, 5.41) is 18.6. The molecule has 1 heterocycles. The van der Waals surface area contributed by atoms with Crippen molar-refractivity contribution in [1.29, 1.82) is 0 Å². The van der Waals surface area contributed by atoms with Crippen LogP contribution in [0.4, 0.5) is 4.39 Å². The third-order valence-corrected chi connectivity index (χ3v) is 4.14. The van der Waals surface area contributed by atoms with Crippen LogP contribution in [0.5, 0.6) is 0 Å². The number of benzene rings is 1. The molecule has 0 radical (unpaired) electrons. The zero-order valence-corrected chi connectivity index (χ0v) is 13.7. The maximum absolute atomic E-state index is 13.8. The second kappa shape index (κ2) is 7.71. The number of aliphatic hydroxyl groups excluding tert-OH is 1. The summed E-state index contributed by atoms with van der Waals surface area (Å²) in [5.41, 5.74) is 0.410. The molecule has 0 saturated heterocycles. The van der Waals surface area contributed by atoms with Crippen LogP contribution in [0, 0.1) is 5.82 Å². The van der Waals surface area contributed by atoms with Gasteiger partial charge in [-0.25, -0.2) is 4.39 Å². The van der Waals surface area contributed by atoms with E-state index in [2.05, 4.69) is 10.2 Å². The molecule has 1 N–H and O–H groups in total. The molecule has 1 atom stereocenters. The van der Waals surface area contributed by atoms with Gasteiger partial charge in [-0.2, -0.15) is 0 Å². The smallest absolute Gasteiger partial charge is 0.191 e. The lowest BCUT2D eigenvalue weighted by Gasteiger charge is -2.12. The van der Waals surface area contributed by atoms with E-state index in [1.807, 2.05) is 13.8 Å². The second-order valence-electron chi connectivity index (χ2n) is 5.19. The third kappa shape index (κ3) is 4.28. The van der Waals surface area contributed by atoms with Gasteiger partial charge in [0.25, 0.3) is 0 Å². The fourth-order valence-electron chi connectivity index (χ4n) is 1.84. The molecule has 0 amide bonds. The zero-order valence-electron chi connectivity index (χ0n) is 12.9. The highest BCUT2D eigenvalue weighted by Gasteiger charge is 2.15. The number of halogens is 1. The van der Waals surface area contributed by atoms with Crippen LogP contribution in [0.25, 0.3) is 11.4 Å². The average Bonchev–Trinajstić information content (AvgIpc) is 2.84. The van der Waals surface area contributed by atoms with Crippen molar-refractivity contribution in [2.45, 2.75) is 31.2 Å². The molecular weight excluding hydrogens is 305 g/mol. The fourth-order valence-corrected chi connectivity index (χ4v) is 2.66. The fraction of sp³-hybridized carbons (Fsp3) is 0.467. The standard InChI is InChI=1S/C15H20FN3O2S/c1-10(2)21-8-11(20)9-22-15-18-17-14(19(15)3)12-6-4-5-7-13(12)16/h4-7,10-11,20H,8-9H2,1-3H3. The van der Waals surface area contributed by atoms with Gasteiger partial charge in [0.2, 0.25) is 0 Å². The highest BCUT2D eigenvalue weighted by atomic mass is 32.2. The summed E-state index contributed by atoms with van der Waals surface area (Å²) in [6.45, 7) is 4.12. The van der Waals surface area contributed by atoms with E-state index in [-0.39, 0.29) is 18.5 Å². The minimum Gasteiger partial charge on any atom is -0.390 e. The molecule has 5 nitrogen and oxygen atoms in total. The maximum atomic E-state index is 13.8. The molecule has 120 valence electrons. The van der Waals surface area contributed by atoms with Gasteiger partial charge in [0, 0.05) is 12.8 Å². The predicted molar refractivity (Wildman–Crippen MR) is 84.2 cm³/mol. The molecule has 1 aromatic heterocycles. The van der Waals surface area contributed by atoms with E-state index in [1.54, 1.807) is 29.8 Å². The molecule has 0 fully saturated rings. The Balaban J connectivity index is 2.01. The number of ether oxygens (including phenoxy) is 1. The largest absolute Gasteiger partial charge is 0.390 e. The maximum Gasteiger partial charge on any atom is 0.191 e. The molecule has 0 aliphatic heterocycles. The van der Waals surface area contributed by atoms with Crippen molar-refractivity contribution in [3.63, 3.8) is 0 Å². The molecule has 2 aromatic rings. The van der Waals surface area contributed by atoms with E-state index >= 15 is 0 Å². The Hall–Kier alpha value is -1.44. The molecule has 0 bridgehead atoms. The minimum atomic E-state index is -0.582. The number of thioether (sulfide) groups is 1. The van der Waals surface area contributed by atoms with E-state index in [9.17, 15) is 9.50 Å². The Bertz CT molecular complexity index is 619. The van der Waals surface area contributed by atoms with Crippen LogP contribution in [0.3, 0.4) is 0 Å². The molecule has 0 aliphatic carbocycles. The van der Waals surface area contributed by atoms with Gasteiger partial charge in [-0.1, -0.05) is 23.9 Å². The number of aromatic nitrogens is 3. The Kier molecular flexibility index (Phi) is 5.93. The van der Waals surface area contributed by atoms with Crippen molar-refractivity contribution < 1.29 is 14.2 Å². The van der Waals surface area contributed by atoms with Crippen LogP contribution in [-0.4, -0.2) is 44.4 Å². The zero-order chi connectivity index (χ0) is 16.1. The Morgan fingerprint density at radius 1 is 1.32 bits per heavy atom. The lowest BCUT2D eigenvalue weighted by molar-refractivity contribution is 0.0152. The van der Waals surface area contributed by atoms with Crippen LogP contribution in [0.15, 0.2) is 29.4 Å². The second-order valence-corrected chi connectivity index (χ2v) is 6.18. The van der Waals surface area contributed by atoms with Gasteiger partial charge >= 0.3 is 0 Å². The highest BCUT2D eigenvalue weighted by molar-refractivity contribution is 7.99. The van der Waals surface area contributed by atoms with E-state index in [1.165, 1.54) is 17.8 Å². The first-order chi connectivity index (χ1) is 10.5. The molecule has 22 heavy (non-hydrogen) atoms. The first-order valence-electron chi connectivity index (χ1n) is 7.05. The molecule has 0 saturated carbocycles. The van der Waals surface area contributed by atoms with E-state index in [0.717, 1.165) is 0 Å². The summed E-state index contributed by atoms with van der Waals surface area (Å²) in [5.74, 6) is 0.573. The summed E-state index contributed by atoms with van der Waals surface area (Å²) in [6.07, 6.45) is -0.497. The van der Waals surface area contributed by atoms with Gasteiger partial charge in [-0.3, -0.25) is 0 Å². The van der Waals surface area contributed by atoms with Crippen molar-refractivity contribution in [2.24, 2.45) is 7.05 Å². The number of hydrogen-bond acceptors (Lipinski definition) is 5. The number of aliphatic hydroxyl groups is 1. The molecule has 0 aliphatic rings. The monoisotopic (exact) mass is 325 g/mol. The summed E-state index contributed by atoms with van der Waals surface area (Å²) < 4.78 is 20.9. The summed E-state index contributed by atoms with van der Waals surface area (Å²) in [6, 6.07) is 6.45. The SMILES string of the molecule is CC(C)OCC(O)CSc1nnc(-c2ccccc2F)n1C. The highest BCUT2D eigenvalue weighted by Crippen LogP contribution is 2.24. The molecule has 2 rings (SSSR count). The van der Waals surface area contributed by atoms with Crippen LogP contribution in [0.1, 0.15) is 13.8 Å². The molecular formula is C15H20FN3O2S. The number of rotatable bonds is 7. The van der Waals surface area contributed by atoms with Crippen LogP contribution in [-0.2, 0) is 11.8 Å². The lowest BCUT2D eigenvalue weighted by atomic mass is 10.2. The first-order valence-corrected chi connectivity index (χ1v) is 8.04. The van der Waals surface area contributed by atoms with Gasteiger partial charge in [-0.15, -0.1) is 10.2 Å². The molecule has 1 aromatic carbocycles. The molecule has 0 spiro atoms. The summed E-state index contributed by atoms with van der Waals surface area (Å²) in [7, 11) is 1.78. The van der Waals surface area contributed by atoms with Crippen molar-refractivity contribution in [1.82, 2.24) is 14.8 Å². The van der Waals surface area contributed by atoms with E-state index in [0.29, 0.717) is 22.3 Å². The van der Waals surface area contributed by atoms with Gasteiger partial charge in [0.15, 0.2) is 11.0 Å². The van der Waals surface area contributed by atoms with Gasteiger partial charge < -0.3 is 14.4 Å². The average molecular weight is 325 g/mol. The lowest BCUT2D eigenvalue weighted by Crippen LogP contribution is -2.20. The van der Waals surface area contributed by atoms with Crippen LogP contribution >= 0.6 is 11.8 Å². The Morgan fingerprint density at radius 2 is 2.05 bits per heavy atom. The van der Waals surface area contributed by atoms with Crippen molar-refractivity contribution in [3.8, 4) is 11.4 Å². The summed E-state index contributed by atoms with van der Waals surface area (Å²) in [4.78, 5) is 0. The Morgan fingerprint density at radius 3 is 2.73 bits per heavy atom. The van der Waals surface area contributed by atoms with Crippen molar-refractivity contribution in [3.05, 3.63) is 30.1 Å². The normalized spacial score (nSPS) is 12.8. The number of hydrogen-bond donors (Lipinski definition) is 1. The Labute approximate surface area is 133 Å². The predicted octanol–water partition coefficient (Wildman–Crippen LogP) is 2.50. The molecule has 1 unspecified atom stereocenters. The quantitative estimate of drug-likeness (QED) is 0.793. The van der Waals surface area contributed by atoms with Crippen LogP contribution in [0.2, 0.25) is 0 Å². The van der Waals surface area contributed by atoms with Gasteiger partial charge in [0.05, 0.1) is 24.4 Å². The van der Waals surface area contributed by atoms with Crippen molar-refractivity contribution in [2.75, 3.05) is 12.4 Å². The van der Waals surface area contributed by atoms with Gasteiger partial charge in [0.1, 0.15) is 5.82 Å².